The van der Waals surface area contributed by atoms with Crippen LogP contribution in [0.25, 0.3) is 11.0 Å². The number of pyridine rings is 1. The molecule has 8 nitrogen and oxygen atoms in total. The number of sulfonamides is 1. The maximum absolute atomic E-state index is 12.3. The lowest BCUT2D eigenvalue weighted by atomic mass is 9.85. The molecule has 0 radical (unpaired) electrons. The molecule has 1 N–H and O–H groups in total. The van der Waals surface area contributed by atoms with Crippen molar-refractivity contribution in [2.75, 3.05) is 11.2 Å². The number of hydrogen-bond donors (Lipinski definition) is 1. The maximum atomic E-state index is 12.3. The number of fused-ring (bicyclic) bond motifs is 4. The van der Waals surface area contributed by atoms with E-state index >= 15 is 0 Å². The standard InChI is InChI=1S/C23H27ClN6O2S/c1-13-7-19-18(11-29(13)20-10-21(24)28-23-17(20)5-6-25-23)22(27-12-26-19)14-8-15-3-4-16(9-14)30(15)33(2,31)32/h5-6,10,12-16H,3-4,7-9,11H2,1-2H3,(H,25,28)/t13-,15-,16-/m1/s1. The minimum atomic E-state index is -3.19. The van der Waals surface area contributed by atoms with Gasteiger partial charge in [0.25, 0.3) is 0 Å². The highest BCUT2D eigenvalue weighted by Crippen LogP contribution is 2.45. The van der Waals surface area contributed by atoms with E-state index < -0.39 is 10.0 Å². The minimum Gasteiger partial charge on any atom is -0.363 e. The summed E-state index contributed by atoms with van der Waals surface area (Å²) in [4.78, 5) is 19.4. The summed E-state index contributed by atoms with van der Waals surface area (Å²) in [5, 5.41) is 1.51. The predicted octanol–water partition coefficient (Wildman–Crippen LogP) is 3.63. The summed E-state index contributed by atoms with van der Waals surface area (Å²) in [6.45, 7) is 2.91. The second-order valence-electron chi connectivity index (χ2n) is 9.72. The van der Waals surface area contributed by atoms with Crippen molar-refractivity contribution in [3.8, 4) is 0 Å². The fraction of sp³-hybridized carbons (Fsp3) is 0.522. The van der Waals surface area contributed by atoms with Gasteiger partial charge in [-0.15, -0.1) is 0 Å². The van der Waals surface area contributed by atoms with Gasteiger partial charge >= 0.3 is 0 Å². The lowest BCUT2D eigenvalue weighted by molar-refractivity contribution is 0.224. The Bertz CT molecular complexity index is 1330. The number of nitrogens with zero attached hydrogens (tertiary/aromatic N) is 5. The number of hydrogen-bond acceptors (Lipinski definition) is 6. The largest absolute Gasteiger partial charge is 0.363 e. The van der Waals surface area contributed by atoms with Crippen LogP contribution in [0.15, 0.2) is 24.7 Å². The fourth-order valence-electron chi connectivity index (χ4n) is 6.33. The molecule has 3 atom stereocenters. The van der Waals surface area contributed by atoms with E-state index in [2.05, 4.69) is 26.8 Å². The summed E-state index contributed by atoms with van der Waals surface area (Å²) < 4.78 is 26.5. The van der Waals surface area contributed by atoms with Crippen molar-refractivity contribution in [2.24, 2.45) is 0 Å². The molecule has 0 saturated carbocycles. The monoisotopic (exact) mass is 486 g/mol. The molecule has 3 aromatic heterocycles. The van der Waals surface area contributed by atoms with Crippen molar-refractivity contribution in [1.29, 1.82) is 0 Å². The van der Waals surface area contributed by atoms with E-state index in [0.29, 0.717) is 11.7 Å². The quantitative estimate of drug-likeness (QED) is 0.568. The van der Waals surface area contributed by atoms with E-state index in [1.165, 1.54) is 11.8 Å². The molecule has 33 heavy (non-hydrogen) atoms. The Labute approximate surface area is 198 Å². The third-order valence-corrected chi connectivity index (χ3v) is 9.19. The molecule has 2 saturated heterocycles. The number of nitrogens with one attached hydrogen (secondary N) is 1. The molecule has 0 unspecified atom stereocenters. The van der Waals surface area contributed by atoms with Crippen LogP contribution in [0.4, 0.5) is 5.69 Å². The van der Waals surface area contributed by atoms with Gasteiger partial charge in [-0.2, -0.15) is 4.31 Å². The van der Waals surface area contributed by atoms with Gasteiger partial charge < -0.3 is 9.88 Å². The molecular weight excluding hydrogens is 460 g/mol. The number of rotatable bonds is 3. The minimum absolute atomic E-state index is 0.0754. The molecule has 3 aromatic rings. The van der Waals surface area contributed by atoms with Crippen molar-refractivity contribution in [1.82, 2.24) is 24.2 Å². The average Bonchev–Trinajstić information content (AvgIpc) is 3.34. The molecule has 2 bridgehead atoms. The smallest absolute Gasteiger partial charge is 0.211 e. The van der Waals surface area contributed by atoms with E-state index in [4.69, 9.17) is 16.6 Å². The van der Waals surface area contributed by atoms with Crippen LogP contribution in [-0.4, -0.2) is 57.0 Å². The first-order valence-corrected chi connectivity index (χ1v) is 13.7. The maximum Gasteiger partial charge on any atom is 0.211 e. The van der Waals surface area contributed by atoms with Gasteiger partial charge in [0.1, 0.15) is 17.1 Å². The third kappa shape index (κ3) is 3.52. The summed E-state index contributed by atoms with van der Waals surface area (Å²) in [5.74, 6) is 0.251. The van der Waals surface area contributed by atoms with Crippen LogP contribution in [0, 0.1) is 0 Å². The molecule has 6 heterocycles. The molecule has 0 aliphatic carbocycles. The number of anilines is 1. The zero-order valence-corrected chi connectivity index (χ0v) is 20.3. The van der Waals surface area contributed by atoms with Crippen molar-refractivity contribution in [3.63, 3.8) is 0 Å². The van der Waals surface area contributed by atoms with Gasteiger partial charge in [0, 0.05) is 54.2 Å². The predicted molar refractivity (Wildman–Crippen MR) is 128 cm³/mol. The second kappa shape index (κ2) is 7.65. The molecular formula is C23H27ClN6O2S. The van der Waals surface area contributed by atoms with Gasteiger partial charge in [0.15, 0.2) is 0 Å². The molecule has 10 heteroatoms. The molecule has 0 aromatic carbocycles. The third-order valence-electron chi connectivity index (χ3n) is 7.64. The lowest BCUT2D eigenvalue weighted by Crippen LogP contribution is -2.46. The van der Waals surface area contributed by atoms with Crippen molar-refractivity contribution < 1.29 is 8.42 Å². The Balaban J connectivity index is 1.37. The Morgan fingerprint density at radius 3 is 2.67 bits per heavy atom. The van der Waals surface area contributed by atoms with Gasteiger partial charge in [0.2, 0.25) is 10.0 Å². The Morgan fingerprint density at radius 1 is 1.18 bits per heavy atom. The van der Waals surface area contributed by atoms with Crippen molar-refractivity contribution >= 4 is 38.3 Å². The van der Waals surface area contributed by atoms with Crippen molar-refractivity contribution in [2.45, 2.75) is 69.6 Å². The Hall–Kier alpha value is -2.23. The van der Waals surface area contributed by atoms with Crippen LogP contribution >= 0.6 is 11.6 Å². The van der Waals surface area contributed by atoms with E-state index in [1.54, 1.807) is 10.6 Å². The lowest BCUT2D eigenvalue weighted by Gasteiger charge is -2.40. The first-order valence-electron chi connectivity index (χ1n) is 11.5. The number of aromatic amines is 1. The van der Waals surface area contributed by atoms with Gasteiger partial charge in [-0.25, -0.2) is 23.4 Å². The summed E-state index contributed by atoms with van der Waals surface area (Å²) in [6, 6.07) is 4.38. The normalized spacial score (nSPS) is 27.8. The van der Waals surface area contributed by atoms with Gasteiger partial charge in [0.05, 0.1) is 23.3 Å². The molecule has 3 aliphatic heterocycles. The van der Waals surface area contributed by atoms with Crippen LogP contribution in [0.5, 0.6) is 0 Å². The van der Waals surface area contributed by atoms with Crippen LogP contribution < -0.4 is 4.90 Å². The first-order chi connectivity index (χ1) is 15.8. The molecule has 2 fully saturated rings. The molecule has 0 amide bonds. The topological polar surface area (TPSA) is 95.1 Å². The summed E-state index contributed by atoms with van der Waals surface area (Å²) in [7, 11) is -3.19. The van der Waals surface area contributed by atoms with Crippen molar-refractivity contribution in [3.05, 3.63) is 46.8 Å². The van der Waals surface area contributed by atoms with Crippen LogP contribution in [0.3, 0.4) is 0 Å². The average molecular weight is 487 g/mol. The summed E-state index contributed by atoms with van der Waals surface area (Å²) in [6.07, 6.45) is 9.27. The molecule has 6 rings (SSSR count). The second-order valence-corrected chi connectivity index (χ2v) is 12.0. The van der Waals surface area contributed by atoms with Crippen LogP contribution in [0.1, 0.15) is 55.5 Å². The molecule has 0 spiro atoms. The van der Waals surface area contributed by atoms with Gasteiger partial charge in [-0.3, -0.25) is 0 Å². The fourth-order valence-corrected chi connectivity index (χ4v) is 7.98. The highest BCUT2D eigenvalue weighted by atomic mass is 35.5. The molecule has 174 valence electrons. The zero-order valence-electron chi connectivity index (χ0n) is 18.7. The van der Waals surface area contributed by atoms with E-state index in [9.17, 15) is 8.42 Å². The van der Waals surface area contributed by atoms with E-state index in [1.807, 2.05) is 18.3 Å². The first kappa shape index (κ1) is 21.3. The summed E-state index contributed by atoms with van der Waals surface area (Å²) in [5.41, 5.74) is 5.22. The van der Waals surface area contributed by atoms with E-state index in [-0.39, 0.29) is 24.0 Å². The highest BCUT2D eigenvalue weighted by molar-refractivity contribution is 7.88. The SMILES string of the molecule is C[C@@H]1Cc2ncnc(C3C[C@H]4CC[C@H](C3)N4S(C)(=O)=O)c2CN1c1cc(Cl)nc2[nH]ccc12. The number of H-pyrrole nitrogens is 1. The Kier molecular flexibility index (Phi) is 4.94. The number of halogens is 1. The Morgan fingerprint density at radius 2 is 1.94 bits per heavy atom. The van der Waals surface area contributed by atoms with E-state index in [0.717, 1.165) is 60.2 Å². The summed E-state index contributed by atoms with van der Waals surface area (Å²) >= 11 is 6.35. The van der Waals surface area contributed by atoms with Crippen LogP contribution in [0.2, 0.25) is 5.15 Å². The molecule has 3 aliphatic rings. The van der Waals surface area contributed by atoms with Gasteiger partial charge in [-0.1, -0.05) is 11.6 Å². The number of piperidine rings is 1. The highest BCUT2D eigenvalue weighted by Gasteiger charge is 2.46. The number of aromatic nitrogens is 4. The van der Waals surface area contributed by atoms with Crippen LogP contribution in [-0.2, 0) is 23.0 Å². The zero-order chi connectivity index (χ0) is 22.9. The van der Waals surface area contributed by atoms with Gasteiger partial charge in [-0.05, 0) is 44.7 Å².